The lowest BCUT2D eigenvalue weighted by atomic mass is 10.2. The number of sulfonamides is 2. The maximum atomic E-state index is 12.8. The molecule has 0 saturated carbocycles. The second-order valence-electron chi connectivity index (χ2n) is 8.05. The van der Waals surface area contributed by atoms with Gasteiger partial charge in [-0.05, 0) is 55.2 Å². The average molecular weight is 510 g/mol. The first-order valence-electron chi connectivity index (χ1n) is 11.2. The van der Waals surface area contributed by atoms with E-state index in [9.17, 15) is 21.6 Å². The lowest BCUT2D eigenvalue weighted by molar-refractivity contribution is 0.0950. The van der Waals surface area contributed by atoms with Gasteiger partial charge in [0.25, 0.3) is 5.91 Å². The van der Waals surface area contributed by atoms with E-state index < -0.39 is 26.0 Å². The maximum absolute atomic E-state index is 12.8. The van der Waals surface area contributed by atoms with Crippen LogP contribution in [0.3, 0.4) is 0 Å². The van der Waals surface area contributed by atoms with Crippen LogP contribution in [-0.2, 0) is 26.6 Å². The molecule has 3 rings (SSSR count). The van der Waals surface area contributed by atoms with Crippen molar-refractivity contribution < 1.29 is 26.4 Å². The van der Waals surface area contributed by atoms with Gasteiger partial charge >= 0.3 is 0 Å². The first-order chi connectivity index (χ1) is 16.2. The van der Waals surface area contributed by atoms with Crippen LogP contribution in [0.5, 0.6) is 5.75 Å². The van der Waals surface area contributed by atoms with E-state index in [-0.39, 0.29) is 34.2 Å². The lowest BCUT2D eigenvalue weighted by Gasteiger charge is -2.25. The largest absolute Gasteiger partial charge is 0.495 e. The number of amides is 1. The standard InChI is InChI=1S/C23H31N3O6S2/c1-3-13-25-33(28,29)22-16-19(9-12-21(22)32-2)23(27)24-17-18-7-10-20(11-8-18)34(30,31)26-14-5-4-6-15-26/h7-12,16,25H,3-6,13-15,17H2,1-2H3,(H,24,27). The summed E-state index contributed by atoms with van der Waals surface area (Å²) in [7, 11) is -5.98. The lowest BCUT2D eigenvalue weighted by Crippen LogP contribution is -2.35. The van der Waals surface area contributed by atoms with Gasteiger partial charge in [-0.15, -0.1) is 0 Å². The number of nitrogens with one attached hydrogen (secondary N) is 2. The number of methoxy groups -OCH3 is 1. The van der Waals surface area contributed by atoms with Crippen molar-refractivity contribution >= 4 is 26.0 Å². The van der Waals surface area contributed by atoms with Crippen LogP contribution < -0.4 is 14.8 Å². The first kappa shape index (κ1) is 26.1. The molecule has 1 aliphatic rings. The number of nitrogens with zero attached hydrogens (tertiary/aromatic N) is 1. The Balaban J connectivity index is 1.69. The van der Waals surface area contributed by atoms with Crippen LogP contribution in [0.2, 0.25) is 0 Å². The molecule has 9 nitrogen and oxygen atoms in total. The van der Waals surface area contributed by atoms with Gasteiger partial charge in [0, 0.05) is 31.7 Å². The van der Waals surface area contributed by atoms with Crippen molar-refractivity contribution in [2.75, 3.05) is 26.7 Å². The van der Waals surface area contributed by atoms with Crippen LogP contribution in [0, 0.1) is 0 Å². The van der Waals surface area contributed by atoms with Gasteiger partial charge in [0.1, 0.15) is 10.6 Å². The molecule has 1 saturated heterocycles. The molecule has 2 aromatic carbocycles. The van der Waals surface area contributed by atoms with E-state index in [4.69, 9.17) is 4.74 Å². The maximum Gasteiger partial charge on any atom is 0.251 e. The molecule has 11 heteroatoms. The van der Waals surface area contributed by atoms with Crippen LogP contribution in [0.1, 0.15) is 48.5 Å². The fraction of sp³-hybridized carbons (Fsp3) is 0.435. The van der Waals surface area contributed by atoms with Crippen molar-refractivity contribution in [3.8, 4) is 5.75 Å². The van der Waals surface area contributed by atoms with E-state index >= 15 is 0 Å². The Labute approximate surface area is 201 Å². The molecule has 186 valence electrons. The van der Waals surface area contributed by atoms with Crippen LogP contribution in [0.15, 0.2) is 52.3 Å². The van der Waals surface area contributed by atoms with E-state index in [2.05, 4.69) is 10.0 Å². The Morgan fingerprint density at radius 1 is 1.00 bits per heavy atom. The van der Waals surface area contributed by atoms with Gasteiger partial charge in [-0.25, -0.2) is 21.6 Å². The summed E-state index contributed by atoms with van der Waals surface area (Å²) in [5.74, 6) is -0.315. The van der Waals surface area contributed by atoms with Crippen molar-refractivity contribution in [1.82, 2.24) is 14.3 Å². The van der Waals surface area contributed by atoms with Crippen molar-refractivity contribution in [1.29, 1.82) is 0 Å². The summed E-state index contributed by atoms with van der Waals surface area (Å²) in [5.41, 5.74) is 0.888. The number of hydrogen-bond acceptors (Lipinski definition) is 6. The Morgan fingerprint density at radius 3 is 2.29 bits per heavy atom. The number of carbonyl (C=O) groups is 1. The molecule has 34 heavy (non-hydrogen) atoms. The fourth-order valence-electron chi connectivity index (χ4n) is 3.66. The molecule has 0 radical (unpaired) electrons. The molecule has 1 aliphatic heterocycles. The zero-order valence-corrected chi connectivity index (χ0v) is 21.0. The zero-order valence-electron chi connectivity index (χ0n) is 19.4. The summed E-state index contributed by atoms with van der Waals surface area (Å²) < 4.78 is 59.8. The number of hydrogen-bond donors (Lipinski definition) is 2. The highest BCUT2D eigenvalue weighted by atomic mass is 32.2. The smallest absolute Gasteiger partial charge is 0.251 e. The molecule has 0 spiro atoms. The van der Waals surface area contributed by atoms with E-state index in [1.165, 1.54) is 29.6 Å². The summed E-state index contributed by atoms with van der Waals surface area (Å²) in [6.07, 6.45) is 3.40. The molecular weight excluding hydrogens is 478 g/mol. The minimum absolute atomic E-state index is 0.108. The second kappa shape index (κ2) is 11.3. The molecule has 0 bridgehead atoms. The molecule has 0 atom stereocenters. The van der Waals surface area contributed by atoms with Gasteiger partial charge in [-0.3, -0.25) is 4.79 Å². The van der Waals surface area contributed by atoms with Crippen LogP contribution in [0.25, 0.3) is 0 Å². The quantitative estimate of drug-likeness (QED) is 0.508. The third-order valence-electron chi connectivity index (χ3n) is 5.59. The minimum atomic E-state index is -3.83. The van der Waals surface area contributed by atoms with Crippen LogP contribution in [0.4, 0.5) is 0 Å². The topological polar surface area (TPSA) is 122 Å². The zero-order chi connectivity index (χ0) is 24.8. The minimum Gasteiger partial charge on any atom is -0.495 e. The molecule has 1 amide bonds. The van der Waals surface area contributed by atoms with Crippen LogP contribution in [-0.4, -0.2) is 53.8 Å². The van der Waals surface area contributed by atoms with E-state index in [0.29, 0.717) is 19.5 Å². The molecular formula is C23H31N3O6S2. The van der Waals surface area contributed by atoms with Crippen molar-refractivity contribution in [3.05, 3.63) is 53.6 Å². The van der Waals surface area contributed by atoms with E-state index in [1.54, 1.807) is 24.3 Å². The molecule has 0 aliphatic carbocycles. The predicted molar refractivity (Wildman–Crippen MR) is 129 cm³/mol. The SMILES string of the molecule is CCCNS(=O)(=O)c1cc(C(=O)NCc2ccc(S(=O)(=O)N3CCCCC3)cc2)ccc1OC. The van der Waals surface area contributed by atoms with Crippen LogP contribution >= 0.6 is 0 Å². The van der Waals surface area contributed by atoms with Gasteiger partial charge in [-0.2, -0.15) is 4.31 Å². The highest BCUT2D eigenvalue weighted by Gasteiger charge is 2.26. The number of ether oxygens (including phenoxy) is 1. The third-order valence-corrected chi connectivity index (χ3v) is 8.98. The van der Waals surface area contributed by atoms with Gasteiger partial charge < -0.3 is 10.1 Å². The van der Waals surface area contributed by atoms with Gasteiger partial charge in [0.05, 0.1) is 12.0 Å². The predicted octanol–water partition coefficient (Wildman–Crippen LogP) is 2.49. The number of rotatable bonds is 10. The highest BCUT2D eigenvalue weighted by Crippen LogP contribution is 2.25. The normalized spacial score (nSPS) is 15.1. The number of carbonyl (C=O) groups excluding carboxylic acids is 1. The van der Waals surface area contributed by atoms with Crippen molar-refractivity contribution in [2.24, 2.45) is 0 Å². The third kappa shape index (κ3) is 6.15. The Bertz CT molecular complexity index is 1210. The monoisotopic (exact) mass is 509 g/mol. The summed E-state index contributed by atoms with van der Waals surface area (Å²) in [5, 5.41) is 2.74. The molecule has 2 aromatic rings. The van der Waals surface area contributed by atoms with E-state index in [0.717, 1.165) is 24.8 Å². The van der Waals surface area contributed by atoms with E-state index in [1.807, 2.05) is 6.92 Å². The Morgan fingerprint density at radius 2 is 1.68 bits per heavy atom. The summed E-state index contributed by atoms with van der Waals surface area (Å²) in [6, 6.07) is 10.6. The summed E-state index contributed by atoms with van der Waals surface area (Å²) >= 11 is 0. The molecule has 1 heterocycles. The molecule has 0 aromatic heterocycles. The average Bonchev–Trinajstić information content (AvgIpc) is 2.86. The van der Waals surface area contributed by atoms with Crippen molar-refractivity contribution in [3.63, 3.8) is 0 Å². The fourth-order valence-corrected chi connectivity index (χ4v) is 6.50. The number of benzene rings is 2. The summed E-state index contributed by atoms with van der Waals surface area (Å²) in [6.45, 7) is 3.34. The highest BCUT2D eigenvalue weighted by molar-refractivity contribution is 7.89. The molecule has 2 N–H and O–H groups in total. The summed E-state index contributed by atoms with van der Waals surface area (Å²) in [4.78, 5) is 12.8. The van der Waals surface area contributed by atoms with Crippen molar-refractivity contribution in [2.45, 2.75) is 48.9 Å². The van der Waals surface area contributed by atoms with Gasteiger partial charge in [-0.1, -0.05) is 25.5 Å². The van der Waals surface area contributed by atoms with Gasteiger partial charge in [0.15, 0.2) is 0 Å². The molecule has 1 fully saturated rings. The second-order valence-corrected chi connectivity index (χ2v) is 11.7. The first-order valence-corrected chi connectivity index (χ1v) is 14.2. The van der Waals surface area contributed by atoms with Gasteiger partial charge in [0.2, 0.25) is 20.0 Å². The number of piperidine rings is 1. The Kier molecular flexibility index (Phi) is 8.69. The molecule has 0 unspecified atom stereocenters. The Hall–Kier alpha value is -2.47.